The lowest BCUT2D eigenvalue weighted by Gasteiger charge is -2.12. The molecule has 1 saturated heterocycles. The Kier molecular flexibility index (Phi) is 7.17. The summed E-state index contributed by atoms with van der Waals surface area (Å²) in [5.41, 5.74) is -1.54. The number of thioether (sulfide) groups is 1. The Labute approximate surface area is 215 Å². The number of hydrogen-bond donors (Lipinski definition) is 0. The minimum atomic E-state index is -4.79. The van der Waals surface area contributed by atoms with Crippen LogP contribution in [-0.2, 0) is 17.5 Å². The van der Waals surface area contributed by atoms with Crippen molar-refractivity contribution in [3.05, 3.63) is 109 Å². The first kappa shape index (κ1) is 26.3. The lowest BCUT2D eigenvalue weighted by atomic mass is 10.1. The van der Waals surface area contributed by atoms with E-state index < -0.39 is 44.2 Å². The number of ether oxygens (including phenoxy) is 1. The van der Waals surface area contributed by atoms with Crippen molar-refractivity contribution in [1.29, 1.82) is 0 Å². The van der Waals surface area contributed by atoms with E-state index in [9.17, 15) is 43.0 Å². The lowest BCUT2D eigenvalue weighted by molar-refractivity contribution is -0.385. The van der Waals surface area contributed by atoms with E-state index in [-0.39, 0.29) is 28.5 Å². The van der Waals surface area contributed by atoms with E-state index in [1.165, 1.54) is 48.5 Å². The summed E-state index contributed by atoms with van der Waals surface area (Å²) >= 11 is 0.633. The fourth-order valence-corrected chi connectivity index (χ4v) is 4.25. The van der Waals surface area contributed by atoms with Crippen LogP contribution in [0.4, 0.5) is 29.3 Å². The molecule has 1 heterocycles. The van der Waals surface area contributed by atoms with E-state index in [2.05, 4.69) is 0 Å². The Bertz CT molecular complexity index is 1490. The van der Waals surface area contributed by atoms with Gasteiger partial charge in [0, 0.05) is 23.8 Å². The summed E-state index contributed by atoms with van der Waals surface area (Å²) < 4.78 is 44.6. The van der Waals surface area contributed by atoms with E-state index in [0.29, 0.717) is 29.5 Å². The molecule has 0 atom stereocenters. The molecular weight excluding hydrogens is 531 g/mol. The third-order valence-electron chi connectivity index (χ3n) is 5.27. The third kappa shape index (κ3) is 5.64. The highest BCUT2D eigenvalue weighted by molar-refractivity contribution is 8.18. The van der Waals surface area contributed by atoms with Gasteiger partial charge < -0.3 is 4.74 Å². The van der Waals surface area contributed by atoms with Crippen molar-refractivity contribution in [3.63, 3.8) is 0 Å². The number of para-hydroxylation sites is 1. The molecule has 194 valence electrons. The molecule has 3 aromatic carbocycles. The first-order chi connectivity index (χ1) is 17.9. The number of nitro groups is 2. The van der Waals surface area contributed by atoms with Gasteiger partial charge in [0.05, 0.1) is 26.9 Å². The molecule has 0 N–H and O–H groups in total. The average molecular weight is 545 g/mol. The molecule has 1 aliphatic rings. The number of imide groups is 1. The summed E-state index contributed by atoms with van der Waals surface area (Å²) in [5, 5.41) is 21.6. The highest BCUT2D eigenvalue weighted by atomic mass is 32.2. The van der Waals surface area contributed by atoms with Gasteiger partial charge in [0.15, 0.2) is 0 Å². The number of non-ortho nitro benzene ring substituents is 1. The van der Waals surface area contributed by atoms with Gasteiger partial charge in [-0.15, -0.1) is 0 Å². The van der Waals surface area contributed by atoms with E-state index >= 15 is 0 Å². The van der Waals surface area contributed by atoms with Gasteiger partial charge in [-0.25, -0.2) is 0 Å². The molecule has 1 aliphatic heterocycles. The van der Waals surface area contributed by atoms with Crippen LogP contribution in [0.3, 0.4) is 0 Å². The number of amides is 2. The van der Waals surface area contributed by atoms with Gasteiger partial charge in [-0.05, 0) is 41.6 Å². The summed E-state index contributed by atoms with van der Waals surface area (Å²) in [6, 6.07) is 13.2. The Morgan fingerprint density at radius 2 is 1.61 bits per heavy atom. The van der Waals surface area contributed by atoms with Crippen LogP contribution in [0.1, 0.15) is 16.7 Å². The number of alkyl halides is 3. The van der Waals surface area contributed by atoms with Crippen molar-refractivity contribution < 1.29 is 37.3 Å². The molecule has 0 aliphatic carbocycles. The minimum absolute atomic E-state index is 0.00229. The van der Waals surface area contributed by atoms with Crippen LogP contribution in [0, 0.1) is 20.2 Å². The Morgan fingerprint density at radius 1 is 0.921 bits per heavy atom. The topological polar surface area (TPSA) is 133 Å². The number of nitro benzene ring substituents is 2. The van der Waals surface area contributed by atoms with Gasteiger partial charge in [0.1, 0.15) is 5.75 Å². The number of benzene rings is 3. The molecule has 10 nitrogen and oxygen atoms in total. The number of nitrogens with zero attached hydrogens (tertiary/aromatic N) is 3. The summed E-state index contributed by atoms with van der Waals surface area (Å²) in [6.07, 6.45) is -3.47. The van der Waals surface area contributed by atoms with Crippen LogP contribution >= 0.6 is 11.8 Å². The van der Waals surface area contributed by atoms with Gasteiger partial charge in [-0.3, -0.25) is 34.7 Å². The molecule has 2 amide bonds. The van der Waals surface area contributed by atoms with Gasteiger partial charge in [-0.1, -0.05) is 30.3 Å². The molecule has 0 bridgehead atoms. The predicted molar refractivity (Wildman–Crippen MR) is 129 cm³/mol. The van der Waals surface area contributed by atoms with Crippen LogP contribution in [0.2, 0.25) is 0 Å². The van der Waals surface area contributed by atoms with Crippen LogP contribution in [0.25, 0.3) is 6.08 Å². The molecule has 0 unspecified atom stereocenters. The minimum Gasteiger partial charge on any atom is -0.449 e. The van der Waals surface area contributed by atoms with Crippen molar-refractivity contribution in [2.45, 2.75) is 12.7 Å². The van der Waals surface area contributed by atoms with Crippen LogP contribution in [0.15, 0.2) is 71.6 Å². The molecule has 0 spiro atoms. The number of halogens is 3. The van der Waals surface area contributed by atoms with E-state index in [1.54, 1.807) is 6.07 Å². The predicted octanol–water partition coefficient (Wildman–Crippen LogP) is 6.55. The quantitative estimate of drug-likeness (QED) is 0.185. The molecule has 0 saturated carbocycles. The normalized spacial score (nSPS) is 14.7. The fourth-order valence-electron chi connectivity index (χ4n) is 3.42. The second-order valence-corrected chi connectivity index (χ2v) is 8.76. The fraction of sp³-hybridized carbons (Fsp3) is 0.0833. The maximum atomic E-state index is 13.0. The second-order valence-electron chi connectivity index (χ2n) is 7.77. The number of carbonyl (C=O) groups excluding carboxylic acids is 2. The average Bonchev–Trinajstić information content (AvgIpc) is 3.12. The van der Waals surface area contributed by atoms with E-state index in [4.69, 9.17) is 4.74 Å². The summed E-state index contributed by atoms with van der Waals surface area (Å²) in [7, 11) is 0. The number of carbonyl (C=O) groups is 2. The highest BCUT2D eigenvalue weighted by Crippen LogP contribution is 2.40. The molecule has 0 aromatic heterocycles. The highest BCUT2D eigenvalue weighted by Gasteiger charge is 2.36. The van der Waals surface area contributed by atoms with Crippen molar-refractivity contribution in [3.8, 4) is 11.5 Å². The summed E-state index contributed by atoms with van der Waals surface area (Å²) in [6.45, 7) is -0.129. The van der Waals surface area contributed by atoms with Gasteiger partial charge in [0.25, 0.3) is 16.8 Å². The smallest absolute Gasteiger partial charge is 0.416 e. The maximum Gasteiger partial charge on any atom is 0.416 e. The molecule has 4 rings (SSSR count). The largest absolute Gasteiger partial charge is 0.449 e. The zero-order valence-electron chi connectivity index (χ0n) is 18.9. The monoisotopic (exact) mass is 545 g/mol. The Hall–Kier alpha value is -4.72. The Morgan fingerprint density at radius 3 is 2.24 bits per heavy atom. The lowest BCUT2D eigenvalue weighted by Crippen LogP contribution is -2.27. The second kappa shape index (κ2) is 10.3. The zero-order chi connectivity index (χ0) is 27.6. The van der Waals surface area contributed by atoms with Gasteiger partial charge in [-0.2, -0.15) is 13.2 Å². The van der Waals surface area contributed by atoms with Crippen molar-refractivity contribution in [2.24, 2.45) is 0 Å². The first-order valence-corrected chi connectivity index (χ1v) is 11.4. The molecule has 14 heteroatoms. The van der Waals surface area contributed by atoms with Crippen molar-refractivity contribution in [2.75, 3.05) is 0 Å². The van der Waals surface area contributed by atoms with Crippen LogP contribution < -0.4 is 4.74 Å². The number of hydrogen-bond acceptors (Lipinski definition) is 8. The van der Waals surface area contributed by atoms with Crippen LogP contribution in [-0.4, -0.2) is 25.9 Å². The summed E-state index contributed by atoms with van der Waals surface area (Å²) in [4.78, 5) is 47.0. The SMILES string of the molecule is O=C1S/C(=C\c2ccccc2Oc2ccc(C(F)(F)F)cc2[N+](=O)[O-])C(=O)N1Cc1ccc([N+](=O)[O-])cc1. The summed E-state index contributed by atoms with van der Waals surface area (Å²) in [5.74, 6) is -1.10. The zero-order valence-corrected chi connectivity index (χ0v) is 19.7. The Balaban J connectivity index is 1.59. The molecule has 0 radical (unpaired) electrons. The maximum absolute atomic E-state index is 13.0. The molecule has 1 fully saturated rings. The van der Waals surface area contributed by atoms with E-state index in [1.807, 2.05) is 0 Å². The third-order valence-corrected chi connectivity index (χ3v) is 6.18. The van der Waals surface area contributed by atoms with Crippen LogP contribution in [0.5, 0.6) is 11.5 Å². The molecular formula is C24H14F3N3O7S. The molecule has 3 aromatic rings. The standard InChI is InChI=1S/C24H14F3N3O7S/c25-24(26,27)16-7-10-20(18(12-16)30(35)36)37-19-4-2-1-3-15(19)11-21-22(31)28(23(32)38-21)13-14-5-8-17(9-6-14)29(33)34/h1-12H,13H2/b21-11-. The van der Waals surface area contributed by atoms with Crippen molar-refractivity contribution >= 4 is 40.4 Å². The van der Waals surface area contributed by atoms with E-state index in [0.717, 1.165) is 11.0 Å². The number of rotatable bonds is 7. The van der Waals surface area contributed by atoms with Crippen molar-refractivity contribution in [1.82, 2.24) is 4.90 Å². The first-order valence-electron chi connectivity index (χ1n) is 10.6. The van der Waals surface area contributed by atoms with Gasteiger partial charge >= 0.3 is 11.9 Å². The molecule has 38 heavy (non-hydrogen) atoms. The van der Waals surface area contributed by atoms with Gasteiger partial charge in [0.2, 0.25) is 5.75 Å².